The molecule has 0 spiro atoms. The van der Waals surface area contributed by atoms with Crippen LogP contribution < -0.4 is 5.73 Å². The summed E-state index contributed by atoms with van der Waals surface area (Å²) in [6.07, 6.45) is 1.00. The minimum atomic E-state index is -0.436. The lowest BCUT2D eigenvalue weighted by Gasteiger charge is -2.22. The molecule has 18 heavy (non-hydrogen) atoms. The molecular weight excluding hydrogens is 231 g/mol. The fraction of sp³-hybridized carbons (Fsp3) is 0.500. The molecule has 0 radical (unpaired) electrons. The lowest BCUT2D eigenvalue weighted by molar-refractivity contribution is 0.0984. The Balaban J connectivity index is 2.87. The third-order valence-electron chi connectivity index (χ3n) is 3.13. The van der Waals surface area contributed by atoms with Crippen LogP contribution in [0.3, 0.4) is 0 Å². The second-order valence-electron chi connectivity index (χ2n) is 4.65. The van der Waals surface area contributed by atoms with Crippen LogP contribution in [0.25, 0.3) is 0 Å². The average molecular weight is 252 g/mol. The zero-order valence-electron chi connectivity index (χ0n) is 11.2. The van der Waals surface area contributed by atoms with Gasteiger partial charge in [0.05, 0.1) is 5.56 Å². The highest BCUT2D eigenvalue weighted by atomic mass is 19.1. The Kier molecular flexibility index (Phi) is 5.44. The Labute approximate surface area is 108 Å². The average Bonchev–Trinajstić information content (AvgIpc) is 2.34. The van der Waals surface area contributed by atoms with E-state index in [0.29, 0.717) is 19.4 Å². The van der Waals surface area contributed by atoms with E-state index in [2.05, 4.69) is 0 Å². The number of ketones is 1. The molecule has 0 heterocycles. The van der Waals surface area contributed by atoms with Crippen LogP contribution in [-0.2, 0) is 6.42 Å². The normalized spacial score (nSPS) is 12.8. The van der Waals surface area contributed by atoms with Gasteiger partial charge < -0.3 is 10.6 Å². The fourth-order valence-electron chi connectivity index (χ4n) is 1.85. The van der Waals surface area contributed by atoms with E-state index >= 15 is 0 Å². The highest BCUT2D eigenvalue weighted by Crippen LogP contribution is 2.14. The van der Waals surface area contributed by atoms with Gasteiger partial charge in [-0.25, -0.2) is 4.39 Å². The van der Waals surface area contributed by atoms with Crippen LogP contribution in [0.4, 0.5) is 4.39 Å². The Morgan fingerprint density at radius 3 is 2.56 bits per heavy atom. The molecule has 0 aliphatic rings. The number of halogens is 1. The third-order valence-corrected chi connectivity index (χ3v) is 3.13. The quantitative estimate of drug-likeness (QED) is 0.786. The van der Waals surface area contributed by atoms with Crippen molar-refractivity contribution in [2.75, 3.05) is 20.6 Å². The maximum Gasteiger partial charge on any atom is 0.165 e. The van der Waals surface area contributed by atoms with Crippen LogP contribution in [-0.4, -0.2) is 37.4 Å². The molecule has 100 valence electrons. The molecule has 0 aliphatic carbocycles. The minimum Gasteiger partial charge on any atom is -0.329 e. The summed E-state index contributed by atoms with van der Waals surface area (Å²) >= 11 is 0. The molecule has 0 fully saturated rings. The predicted octanol–water partition coefficient (Wildman–Crippen LogP) is 1.85. The topological polar surface area (TPSA) is 46.3 Å². The number of benzene rings is 1. The van der Waals surface area contributed by atoms with Crippen molar-refractivity contribution in [3.8, 4) is 0 Å². The molecule has 3 nitrogen and oxygen atoms in total. The first-order chi connectivity index (χ1) is 8.49. The minimum absolute atomic E-state index is 0.165. The molecule has 0 saturated heterocycles. The molecule has 1 atom stereocenters. The van der Waals surface area contributed by atoms with Crippen LogP contribution in [0, 0.1) is 5.82 Å². The Morgan fingerprint density at radius 1 is 1.44 bits per heavy atom. The van der Waals surface area contributed by atoms with E-state index in [1.165, 1.54) is 6.07 Å². The molecule has 0 unspecified atom stereocenters. The first-order valence-electron chi connectivity index (χ1n) is 6.17. The Hall–Kier alpha value is -1.26. The third kappa shape index (κ3) is 3.62. The smallest absolute Gasteiger partial charge is 0.165 e. The fourth-order valence-corrected chi connectivity index (χ4v) is 1.85. The van der Waals surface area contributed by atoms with Gasteiger partial charge in [-0.05, 0) is 38.2 Å². The lowest BCUT2D eigenvalue weighted by Crippen LogP contribution is -2.36. The van der Waals surface area contributed by atoms with E-state index in [1.807, 2.05) is 19.0 Å². The van der Waals surface area contributed by atoms with E-state index in [0.717, 1.165) is 5.56 Å². The number of carbonyl (C=O) groups excluding carboxylic acids is 1. The maximum absolute atomic E-state index is 13.8. The molecule has 0 aliphatic heterocycles. The summed E-state index contributed by atoms with van der Waals surface area (Å²) in [7, 11) is 3.89. The van der Waals surface area contributed by atoms with Crippen molar-refractivity contribution in [2.45, 2.75) is 25.8 Å². The van der Waals surface area contributed by atoms with Gasteiger partial charge >= 0.3 is 0 Å². The van der Waals surface area contributed by atoms with Crippen LogP contribution >= 0.6 is 0 Å². The monoisotopic (exact) mass is 252 g/mol. The van der Waals surface area contributed by atoms with Gasteiger partial charge in [0, 0.05) is 19.0 Å². The van der Waals surface area contributed by atoms with Gasteiger partial charge in [-0.15, -0.1) is 0 Å². The van der Waals surface area contributed by atoms with Gasteiger partial charge in [0.25, 0.3) is 0 Å². The largest absolute Gasteiger partial charge is 0.329 e. The second kappa shape index (κ2) is 6.61. The summed E-state index contributed by atoms with van der Waals surface area (Å²) < 4.78 is 13.8. The van der Waals surface area contributed by atoms with Crippen LogP contribution in [0.5, 0.6) is 0 Å². The summed E-state index contributed by atoms with van der Waals surface area (Å²) in [4.78, 5) is 13.5. The number of hydrogen-bond donors (Lipinski definition) is 1. The van der Waals surface area contributed by atoms with E-state index in [4.69, 9.17) is 5.73 Å². The highest BCUT2D eigenvalue weighted by molar-refractivity contribution is 5.96. The molecule has 4 heteroatoms. The van der Waals surface area contributed by atoms with Crippen molar-refractivity contribution in [3.05, 3.63) is 35.1 Å². The van der Waals surface area contributed by atoms with Crippen molar-refractivity contribution in [1.82, 2.24) is 4.90 Å². The van der Waals surface area contributed by atoms with Crippen LogP contribution in [0.1, 0.15) is 29.3 Å². The SMILES string of the molecule is CCC(=O)c1ccc(C[C@@H](CN)N(C)C)cc1F. The summed E-state index contributed by atoms with van der Waals surface area (Å²) in [5.41, 5.74) is 6.71. The molecule has 1 aromatic carbocycles. The number of likely N-dealkylation sites (N-methyl/N-ethyl adjacent to an activating group) is 1. The van der Waals surface area contributed by atoms with Crippen molar-refractivity contribution < 1.29 is 9.18 Å². The van der Waals surface area contributed by atoms with Gasteiger partial charge in [-0.3, -0.25) is 4.79 Å². The Morgan fingerprint density at radius 2 is 2.11 bits per heavy atom. The number of nitrogens with two attached hydrogens (primary N) is 1. The number of carbonyl (C=O) groups is 1. The van der Waals surface area contributed by atoms with Gasteiger partial charge in [0.1, 0.15) is 5.82 Å². The molecular formula is C14H21FN2O. The van der Waals surface area contributed by atoms with E-state index in [1.54, 1.807) is 19.1 Å². The summed E-state index contributed by atoms with van der Waals surface area (Å²) in [5.74, 6) is -0.601. The highest BCUT2D eigenvalue weighted by Gasteiger charge is 2.14. The molecule has 0 amide bonds. The van der Waals surface area contributed by atoms with Crippen molar-refractivity contribution in [3.63, 3.8) is 0 Å². The second-order valence-corrected chi connectivity index (χ2v) is 4.65. The summed E-state index contributed by atoms with van der Waals surface area (Å²) in [6.45, 7) is 2.25. The van der Waals surface area contributed by atoms with E-state index in [9.17, 15) is 9.18 Å². The molecule has 1 rings (SSSR count). The number of Topliss-reactive ketones (excluding diaryl/α,β-unsaturated/α-hetero) is 1. The van der Waals surface area contributed by atoms with Crippen LogP contribution in [0.2, 0.25) is 0 Å². The number of nitrogens with zero attached hydrogens (tertiary/aromatic N) is 1. The first kappa shape index (κ1) is 14.8. The lowest BCUT2D eigenvalue weighted by atomic mass is 10.0. The number of rotatable bonds is 6. The predicted molar refractivity (Wildman–Crippen MR) is 71.3 cm³/mol. The molecule has 2 N–H and O–H groups in total. The van der Waals surface area contributed by atoms with Crippen molar-refractivity contribution >= 4 is 5.78 Å². The van der Waals surface area contributed by atoms with E-state index < -0.39 is 5.82 Å². The zero-order valence-corrected chi connectivity index (χ0v) is 11.2. The van der Waals surface area contributed by atoms with Crippen molar-refractivity contribution in [1.29, 1.82) is 0 Å². The summed E-state index contributed by atoms with van der Waals surface area (Å²) in [6, 6.07) is 4.99. The molecule has 0 aromatic heterocycles. The van der Waals surface area contributed by atoms with Gasteiger partial charge in [-0.2, -0.15) is 0 Å². The standard InChI is InChI=1S/C14H21FN2O/c1-4-14(18)12-6-5-10(8-13(12)15)7-11(9-16)17(2)3/h5-6,8,11H,4,7,9,16H2,1-3H3/t11-/m0/s1. The molecule has 0 saturated carbocycles. The Bertz CT molecular complexity index is 418. The number of hydrogen-bond acceptors (Lipinski definition) is 3. The van der Waals surface area contributed by atoms with Crippen molar-refractivity contribution in [2.24, 2.45) is 5.73 Å². The van der Waals surface area contributed by atoms with Crippen LogP contribution in [0.15, 0.2) is 18.2 Å². The van der Waals surface area contributed by atoms with Gasteiger partial charge in [0.2, 0.25) is 0 Å². The summed E-state index contributed by atoms with van der Waals surface area (Å²) in [5, 5.41) is 0. The first-order valence-corrected chi connectivity index (χ1v) is 6.17. The van der Waals surface area contributed by atoms with Gasteiger partial charge in [0.15, 0.2) is 5.78 Å². The van der Waals surface area contributed by atoms with Gasteiger partial charge in [-0.1, -0.05) is 13.0 Å². The zero-order chi connectivity index (χ0) is 13.7. The van der Waals surface area contributed by atoms with E-state index in [-0.39, 0.29) is 17.4 Å². The maximum atomic E-state index is 13.8. The molecule has 0 bridgehead atoms. The molecule has 1 aromatic rings.